The predicted octanol–water partition coefficient (Wildman–Crippen LogP) is 4.69. The van der Waals surface area contributed by atoms with E-state index in [-0.39, 0.29) is 22.6 Å². The highest BCUT2D eigenvalue weighted by molar-refractivity contribution is 6.35. The van der Waals surface area contributed by atoms with E-state index in [0.29, 0.717) is 17.1 Å². The molecule has 0 spiro atoms. The Bertz CT molecular complexity index is 619. The topological polar surface area (TPSA) is 32.3 Å². The molecule has 20 heavy (non-hydrogen) atoms. The van der Waals surface area contributed by atoms with Gasteiger partial charge in [-0.25, -0.2) is 4.39 Å². The molecule has 0 aliphatic heterocycles. The van der Waals surface area contributed by atoms with Crippen molar-refractivity contribution in [3.8, 4) is 5.75 Å². The van der Waals surface area contributed by atoms with Crippen LogP contribution >= 0.6 is 23.2 Å². The van der Waals surface area contributed by atoms with Crippen LogP contribution in [0.15, 0.2) is 36.4 Å². The molecule has 0 aliphatic carbocycles. The first-order chi connectivity index (χ1) is 9.47. The number of phenolic OH excluding ortho intramolecular Hbond substituents is 1. The third-order valence-corrected chi connectivity index (χ3v) is 3.56. The van der Waals surface area contributed by atoms with Gasteiger partial charge < -0.3 is 10.4 Å². The van der Waals surface area contributed by atoms with Crippen molar-refractivity contribution in [2.45, 2.75) is 19.5 Å². The number of benzene rings is 2. The Morgan fingerprint density at radius 2 is 2.00 bits per heavy atom. The highest BCUT2D eigenvalue weighted by atomic mass is 35.5. The molecule has 0 saturated heterocycles. The van der Waals surface area contributed by atoms with E-state index in [1.165, 1.54) is 18.2 Å². The van der Waals surface area contributed by atoms with Gasteiger partial charge >= 0.3 is 0 Å². The number of aromatic hydroxyl groups is 1. The summed E-state index contributed by atoms with van der Waals surface area (Å²) >= 11 is 11.8. The molecule has 0 radical (unpaired) electrons. The van der Waals surface area contributed by atoms with Crippen molar-refractivity contribution in [2.24, 2.45) is 0 Å². The number of nitrogens with one attached hydrogen (secondary N) is 1. The minimum absolute atomic E-state index is 0.00927. The Kier molecular flexibility index (Phi) is 4.86. The largest absolute Gasteiger partial charge is 0.506 e. The lowest BCUT2D eigenvalue weighted by molar-refractivity contribution is 0.460. The van der Waals surface area contributed by atoms with Crippen LogP contribution in [0.4, 0.5) is 4.39 Å². The van der Waals surface area contributed by atoms with E-state index in [9.17, 15) is 9.50 Å². The number of rotatable bonds is 4. The van der Waals surface area contributed by atoms with Gasteiger partial charge in [-0.05, 0) is 36.8 Å². The number of phenols is 1. The minimum Gasteiger partial charge on any atom is -0.506 e. The summed E-state index contributed by atoms with van der Waals surface area (Å²) in [4.78, 5) is 0. The highest BCUT2D eigenvalue weighted by Gasteiger charge is 2.10. The van der Waals surface area contributed by atoms with Gasteiger partial charge in [0.25, 0.3) is 0 Å². The van der Waals surface area contributed by atoms with Crippen molar-refractivity contribution in [1.82, 2.24) is 5.32 Å². The molecule has 2 aromatic carbocycles. The summed E-state index contributed by atoms with van der Waals surface area (Å²) in [6, 6.07) is 9.44. The van der Waals surface area contributed by atoms with Crippen LogP contribution in [0.25, 0.3) is 0 Å². The summed E-state index contributed by atoms with van der Waals surface area (Å²) in [5, 5.41) is 13.7. The molecule has 0 unspecified atom stereocenters. The summed E-state index contributed by atoms with van der Waals surface area (Å²) in [6.07, 6.45) is 0. The molecule has 0 bridgehead atoms. The van der Waals surface area contributed by atoms with Crippen LogP contribution in [0.5, 0.6) is 5.75 Å². The van der Waals surface area contributed by atoms with Crippen LogP contribution in [0.1, 0.15) is 24.1 Å². The molecule has 0 aromatic heterocycles. The summed E-state index contributed by atoms with van der Waals surface area (Å²) in [7, 11) is 0. The maximum absolute atomic E-state index is 13.2. The SMILES string of the molecule is C[C@H](NCc1cc(Cl)cc(Cl)c1O)c1cccc(F)c1. The molecule has 106 valence electrons. The lowest BCUT2D eigenvalue weighted by atomic mass is 10.1. The fourth-order valence-corrected chi connectivity index (χ4v) is 2.45. The van der Waals surface area contributed by atoms with Crippen LogP contribution in [-0.4, -0.2) is 5.11 Å². The van der Waals surface area contributed by atoms with Crippen molar-refractivity contribution in [3.63, 3.8) is 0 Å². The molecule has 2 aromatic rings. The van der Waals surface area contributed by atoms with Crippen molar-refractivity contribution in [1.29, 1.82) is 0 Å². The molecule has 0 heterocycles. The van der Waals surface area contributed by atoms with Crippen LogP contribution in [-0.2, 0) is 6.54 Å². The fraction of sp³-hybridized carbons (Fsp3) is 0.200. The molecular weight excluding hydrogens is 300 g/mol. The van der Waals surface area contributed by atoms with Crippen LogP contribution in [0.2, 0.25) is 10.0 Å². The highest BCUT2D eigenvalue weighted by Crippen LogP contribution is 2.31. The van der Waals surface area contributed by atoms with Crippen molar-refractivity contribution < 1.29 is 9.50 Å². The smallest absolute Gasteiger partial charge is 0.138 e. The van der Waals surface area contributed by atoms with Crippen LogP contribution in [0, 0.1) is 5.82 Å². The fourth-order valence-electron chi connectivity index (χ4n) is 1.91. The Morgan fingerprint density at radius 1 is 1.25 bits per heavy atom. The molecule has 2 rings (SSSR count). The van der Waals surface area contributed by atoms with Gasteiger partial charge in [0.05, 0.1) is 5.02 Å². The lowest BCUT2D eigenvalue weighted by Crippen LogP contribution is -2.18. The Hall–Kier alpha value is -1.29. The first-order valence-corrected chi connectivity index (χ1v) is 6.88. The molecule has 0 aliphatic rings. The van der Waals surface area contributed by atoms with Crippen molar-refractivity contribution in [3.05, 3.63) is 63.4 Å². The van der Waals surface area contributed by atoms with E-state index < -0.39 is 0 Å². The summed E-state index contributed by atoms with van der Waals surface area (Å²) < 4.78 is 13.2. The molecular formula is C15H14Cl2FNO. The number of hydrogen-bond donors (Lipinski definition) is 2. The average Bonchev–Trinajstić information content (AvgIpc) is 2.40. The molecule has 2 nitrogen and oxygen atoms in total. The molecule has 2 N–H and O–H groups in total. The quantitative estimate of drug-likeness (QED) is 0.858. The second kappa shape index (κ2) is 6.44. The van der Waals surface area contributed by atoms with Crippen molar-refractivity contribution >= 4 is 23.2 Å². The monoisotopic (exact) mass is 313 g/mol. The second-order valence-corrected chi connectivity index (χ2v) is 5.40. The first kappa shape index (κ1) is 15.1. The first-order valence-electron chi connectivity index (χ1n) is 6.13. The minimum atomic E-state index is -0.273. The van der Waals surface area contributed by atoms with E-state index in [1.807, 2.05) is 13.0 Å². The Balaban J connectivity index is 2.09. The Labute approximate surface area is 127 Å². The molecule has 0 amide bonds. The molecule has 0 saturated carbocycles. The van der Waals surface area contributed by atoms with Crippen LogP contribution in [0.3, 0.4) is 0 Å². The van der Waals surface area contributed by atoms with E-state index >= 15 is 0 Å². The van der Waals surface area contributed by atoms with Gasteiger partial charge in [-0.15, -0.1) is 0 Å². The van der Waals surface area contributed by atoms with E-state index in [4.69, 9.17) is 23.2 Å². The summed E-state index contributed by atoms with van der Waals surface area (Å²) in [6.45, 7) is 2.29. The van der Waals surface area contributed by atoms with Crippen LogP contribution < -0.4 is 5.32 Å². The Morgan fingerprint density at radius 3 is 2.70 bits per heavy atom. The normalized spacial score (nSPS) is 12.4. The standard InChI is InChI=1S/C15H14Cl2FNO/c1-9(10-3-2-4-13(18)6-10)19-8-11-5-12(16)7-14(17)15(11)20/h2-7,9,19-20H,8H2,1H3/t9-/m0/s1. The summed E-state index contributed by atoms with van der Waals surface area (Å²) in [5.41, 5.74) is 1.43. The predicted molar refractivity (Wildman–Crippen MR) is 79.8 cm³/mol. The zero-order chi connectivity index (χ0) is 14.7. The van der Waals surface area contributed by atoms with Crippen molar-refractivity contribution in [2.75, 3.05) is 0 Å². The van der Waals surface area contributed by atoms with Gasteiger partial charge in [0.2, 0.25) is 0 Å². The third-order valence-electron chi connectivity index (χ3n) is 3.05. The lowest BCUT2D eigenvalue weighted by Gasteiger charge is -2.15. The maximum Gasteiger partial charge on any atom is 0.138 e. The third kappa shape index (κ3) is 3.63. The van der Waals surface area contributed by atoms with Gasteiger partial charge in [-0.1, -0.05) is 35.3 Å². The zero-order valence-electron chi connectivity index (χ0n) is 10.8. The van der Waals surface area contributed by atoms with E-state index in [2.05, 4.69) is 5.32 Å². The van der Waals surface area contributed by atoms with Gasteiger partial charge in [0, 0.05) is 23.2 Å². The maximum atomic E-state index is 13.2. The van der Waals surface area contributed by atoms with Gasteiger partial charge in [-0.2, -0.15) is 0 Å². The van der Waals surface area contributed by atoms with E-state index in [0.717, 1.165) is 5.56 Å². The van der Waals surface area contributed by atoms with Gasteiger partial charge in [0.15, 0.2) is 0 Å². The number of hydrogen-bond acceptors (Lipinski definition) is 2. The van der Waals surface area contributed by atoms with E-state index in [1.54, 1.807) is 12.1 Å². The molecule has 5 heteroatoms. The number of halogens is 3. The summed E-state index contributed by atoms with van der Waals surface area (Å²) in [5.74, 6) is -0.264. The average molecular weight is 314 g/mol. The zero-order valence-corrected chi connectivity index (χ0v) is 12.3. The van der Waals surface area contributed by atoms with Gasteiger partial charge in [0.1, 0.15) is 11.6 Å². The molecule has 0 fully saturated rings. The second-order valence-electron chi connectivity index (χ2n) is 4.55. The molecule has 1 atom stereocenters. The van der Waals surface area contributed by atoms with Gasteiger partial charge in [-0.3, -0.25) is 0 Å².